The first-order chi connectivity index (χ1) is 6.94. The van der Waals surface area contributed by atoms with Crippen molar-refractivity contribution in [2.24, 2.45) is 0 Å². The van der Waals surface area contributed by atoms with Gasteiger partial charge >= 0.3 is 7.82 Å². The maximum Gasteiger partial charge on any atom is 0.470 e. The molecule has 0 aromatic carbocycles. The third-order valence-electron chi connectivity index (χ3n) is 1.64. The fourth-order valence-electron chi connectivity index (χ4n) is 1.08. The Bertz CT molecular complexity index is 197. The molecule has 2 N–H and O–H groups in total. The summed E-state index contributed by atoms with van der Waals surface area (Å²) in [6, 6.07) is 0. The third-order valence-corrected chi connectivity index (χ3v) is 2.19. The molecule has 6 nitrogen and oxygen atoms in total. The van der Waals surface area contributed by atoms with E-state index in [9.17, 15) is 4.57 Å². The van der Waals surface area contributed by atoms with Crippen LogP contribution in [-0.2, 0) is 18.6 Å². The molecule has 1 unspecified atom stereocenters. The first kappa shape index (κ1) is 15.0. The molecule has 92 valence electrons. The maximum atomic E-state index is 10.7. The smallest absolute Gasteiger partial charge is 0.350 e. The van der Waals surface area contributed by atoms with E-state index in [0.717, 1.165) is 0 Å². The van der Waals surface area contributed by atoms with E-state index in [1.807, 2.05) is 0 Å². The Morgan fingerprint density at radius 3 is 1.87 bits per heavy atom. The standard InChI is InChI=1S/C8H19O6P/c1-4-7(14-15(9,10)11)8(12-5-2)13-6-3/h7-8H,4-6H2,1-3H3,(H2,9,10,11). The highest BCUT2D eigenvalue weighted by Gasteiger charge is 2.28. The molecule has 0 aliphatic carbocycles. The zero-order valence-corrected chi connectivity index (χ0v) is 10.1. The summed E-state index contributed by atoms with van der Waals surface area (Å²) in [5.74, 6) is 0. The van der Waals surface area contributed by atoms with Crippen molar-refractivity contribution < 1.29 is 28.3 Å². The fourth-order valence-corrected chi connectivity index (χ4v) is 1.69. The number of hydrogen-bond donors (Lipinski definition) is 2. The summed E-state index contributed by atoms with van der Waals surface area (Å²) in [6.45, 7) is 6.08. The molecule has 0 aromatic heterocycles. The molecule has 0 aliphatic rings. The molecule has 0 saturated heterocycles. The summed E-state index contributed by atoms with van der Waals surface area (Å²) in [5.41, 5.74) is 0. The average molecular weight is 242 g/mol. The van der Waals surface area contributed by atoms with Gasteiger partial charge in [-0.05, 0) is 20.3 Å². The van der Waals surface area contributed by atoms with Crippen LogP contribution in [0, 0.1) is 0 Å². The molecule has 0 saturated carbocycles. The van der Waals surface area contributed by atoms with Gasteiger partial charge < -0.3 is 19.3 Å². The largest absolute Gasteiger partial charge is 0.470 e. The van der Waals surface area contributed by atoms with Gasteiger partial charge in [0.05, 0.1) is 0 Å². The first-order valence-electron chi connectivity index (χ1n) is 4.91. The van der Waals surface area contributed by atoms with Gasteiger partial charge in [0.15, 0.2) is 6.29 Å². The van der Waals surface area contributed by atoms with E-state index in [1.54, 1.807) is 20.8 Å². The van der Waals surface area contributed by atoms with Crippen LogP contribution in [-0.4, -0.2) is 35.4 Å². The van der Waals surface area contributed by atoms with Crippen LogP contribution < -0.4 is 0 Å². The van der Waals surface area contributed by atoms with Gasteiger partial charge in [-0.3, -0.25) is 4.52 Å². The molecule has 0 radical (unpaired) electrons. The Kier molecular flexibility index (Phi) is 7.34. The molecular formula is C8H19O6P. The third kappa shape index (κ3) is 7.00. The van der Waals surface area contributed by atoms with E-state index in [2.05, 4.69) is 4.52 Å². The summed E-state index contributed by atoms with van der Waals surface area (Å²) < 4.78 is 25.6. The van der Waals surface area contributed by atoms with Crippen molar-refractivity contribution in [2.45, 2.75) is 39.6 Å². The SMILES string of the molecule is CCOC(OCC)C(CC)OP(=O)(O)O. The molecule has 0 heterocycles. The van der Waals surface area contributed by atoms with E-state index in [0.29, 0.717) is 19.6 Å². The van der Waals surface area contributed by atoms with Crippen molar-refractivity contribution in [3.05, 3.63) is 0 Å². The van der Waals surface area contributed by atoms with E-state index >= 15 is 0 Å². The van der Waals surface area contributed by atoms with Gasteiger partial charge in [0.25, 0.3) is 0 Å². The minimum atomic E-state index is -4.50. The van der Waals surface area contributed by atoms with E-state index in [1.165, 1.54) is 0 Å². The van der Waals surface area contributed by atoms with Crippen molar-refractivity contribution in [3.8, 4) is 0 Å². The fraction of sp³-hybridized carbons (Fsp3) is 1.00. The van der Waals surface area contributed by atoms with E-state index in [4.69, 9.17) is 19.3 Å². The van der Waals surface area contributed by atoms with Crippen molar-refractivity contribution in [3.63, 3.8) is 0 Å². The number of ether oxygens (including phenoxy) is 2. The monoisotopic (exact) mass is 242 g/mol. The Morgan fingerprint density at radius 2 is 1.60 bits per heavy atom. The second-order valence-electron chi connectivity index (χ2n) is 2.82. The lowest BCUT2D eigenvalue weighted by Gasteiger charge is -2.25. The van der Waals surface area contributed by atoms with Crippen molar-refractivity contribution in [2.75, 3.05) is 13.2 Å². The number of phosphoric acid groups is 1. The lowest BCUT2D eigenvalue weighted by atomic mass is 10.3. The Labute approximate surface area is 89.8 Å². The summed E-state index contributed by atoms with van der Waals surface area (Å²) in [7, 11) is -4.50. The predicted molar refractivity (Wildman–Crippen MR) is 54.2 cm³/mol. The summed E-state index contributed by atoms with van der Waals surface area (Å²) in [6.07, 6.45) is -1.10. The van der Waals surface area contributed by atoms with Gasteiger partial charge in [-0.1, -0.05) is 6.92 Å². The first-order valence-corrected chi connectivity index (χ1v) is 6.44. The van der Waals surface area contributed by atoms with Crippen LogP contribution in [0.25, 0.3) is 0 Å². The van der Waals surface area contributed by atoms with Crippen LogP contribution in [0.2, 0.25) is 0 Å². The molecule has 0 aliphatic heterocycles. The Morgan fingerprint density at radius 1 is 1.13 bits per heavy atom. The number of hydrogen-bond acceptors (Lipinski definition) is 4. The van der Waals surface area contributed by atoms with Gasteiger partial charge in [-0.15, -0.1) is 0 Å². The molecular weight excluding hydrogens is 223 g/mol. The molecule has 0 rings (SSSR count). The molecule has 7 heteroatoms. The highest BCUT2D eigenvalue weighted by Crippen LogP contribution is 2.39. The van der Waals surface area contributed by atoms with E-state index < -0.39 is 20.2 Å². The number of phosphoric ester groups is 1. The van der Waals surface area contributed by atoms with Gasteiger partial charge in [0.1, 0.15) is 6.10 Å². The molecule has 15 heavy (non-hydrogen) atoms. The Balaban J connectivity index is 4.37. The summed E-state index contributed by atoms with van der Waals surface area (Å²) in [5, 5.41) is 0. The average Bonchev–Trinajstić information content (AvgIpc) is 2.12. The topological polar surface area (TPSA) is 85.2 Å². The normalized spacial score (nSPS) is 14.5. The molecule has 1 atom stereocenters. The molecule has 0 bridgehead atoms. The molecule has 0 amide bonds. The minimum absolute atomic E-state index is 0.395. The van der Waals surface area contributed by atoms with Crippen LogP contribution in [0.15, 0.2) is 0 Å². The van der Waals surface area contributed by atoms with Crippen LogP contribution in [0.4, 0.5) is 0 Å². The van der Waals surface area contributed by atoms with Crippen LogP contribution in [0.3, 0.4) is 0 Å². The Hall–Kier alpha value is 0.0300. The predicted octanol–water partition coefficient (Wildman–Crippen LogP) is 1.27. The molecule has 0 fully saturated rings. The van der Waals surface area contributed by atoms with Gasteiger partial charge in [0.2, 0.25) is 0 Å². The van der Waals surface area contributed by atoms with Crippen LogP contribution in [0.1, 0.15) is 27.2 Å². The highest BCUT2D eigenvalue weighted by atomic mass is 31.2. The van der Waals surface area contributed by atoms with Gasteiger partial charge in [0, 0.05) is 13.2 Å². The zero-order valence-electron chi connectivity index (χ0n) is 9.25. The van der Waals surface area contributed by atoms with Gasteiger partial charge in [-0.2, -0.15) is 0 Å². The summed E-state index contributed by atoms with van der Waals surface area (Å²) >= 11 is 0. The lowest BCUT2D eigenvalue weighted by Crippen LogP contribution is -2.33. The van der Waals surface area contributed by atoms with E-state index in [-0.39, 0.29) is 0 Å². The maximum absolute atomic E-state index is 10.7. The second-order valence-corrected chi connectivity index (χ2v) is 4.01. The van der Waals surface area contributed by atoms with Crippen molar-refractivity contribution in [1.29, 1.82) is 0 Å². The quantitative estimate of drug-likeness (QED) is 0.492. The van der Waals surface area contributed by atoms with Crippen LogP contribution in [0.5, 0.6) is 0 Å². The van der Waals surface area contributed by atoms with Crippen LogP contribution >= 0.6 is 7.82 Å². The zero-order chi connectivity index (χ0) is 11.9. The van der Waals surface area contributed by atoms with Crippen molar-refractivity contribution in [1.82, 2.24) is 0 Å². The molecule has 0 aromatic rings. The van der Waals surface area contributed by atoms with Crippen molar-refractivity contribution >= 4 is 7.82 Å². The number of rotatable bonds is 8. The minimum Gasteiger partial charge on any atom is -0.350 e. The van der Waals surface area contributed by atoms with Gasteiger partial charge in [-0.25, -0.2) is 4.57 Å². The summed E-state index contributed by atoms with van der Waals surface area (Å²) in [4.78, 5) is 17.4. The molecule has 0 spiro atoms. The highest BCUT2D eigenvalue weighted by molar-refractivity contribution is 7.46. The lowest BCUT2D eigenvalue weighted by molar-refractivity contribution is -0.186. The second kappa shape index (κ2) is 7.33.